The number of amides is 1. The average Bonchev–Trinajstić information content (AvgIpc) is 2.71. The molecule has 6 nitrogen and oxygen atoms in total. The number of esters is 1. The maximum absolute atomic E-state index is 13.0. The third kappa shape index (κ3) is 7.69. The van der Waals surface area contributed by atoms with Crippen LogP contribution in [0.15, 0.2) is 18.2 Å². The molecule has 0 bridgehead atoms. The van der Waals surface area contributed by atoms with E-state index in [1.807, 2.05) is 27.7 Å². The van der Waals surface area contributed by atoms with Gasteiger partial charge in [0.15, 0.2) is 0 Å². The van der Waals surface area contributed by atoms with Gasteiger partial charge in [0.1, 0.15) is 16.9 Å². The zero-order valence-corrected chi connectivity index (χ0v) is 18.8. The first kappa shape index (κ1) is 25.0. The van der Waals surface area contributed by atoms with Crippen LogP contribution in [0.25, 0.3) is 0 Å². The molecule has 29 heavy (non-hydrogen) atoms. The highest BCUT2D eigenvalue weighted by Gasteiger charge is 2.33. The van der Waals surface area contributed by atoms with Crippen LogP contribution in [-0.4, -0.2) is 36.8 Å². The molecule has 164 valence electrons. The van der Waals surface area contributed by atoms with Gasteiger partial charge in [-0.2, -0.15) is 0 Å². The molecule has 0 aromatic heterocycles. The molecule has 0 radical (unpaired) electrons. The summed E-state index contributed by atoms with van der Waals surface area (Å²) >= 11 is 0. The number of carbonyl (C=O) groups is 2. The molecule has 1 aromatic carbocycles. The number of anilines is 1. The number of ether oxygens (including phenoxy) is 3. The summed E-state index contributed by atoms with van der Waals surface area (Å²) in [5.74, 6) is -0.241. The predicted molar refractivity (Wildman–Crippen MR) is 116 cm³/mol. The van der Waals surface area contributed by atoms with E-state index >= 15 is 0 Å². The molecular weight excluding hydrogens is 370 g/mol. The summed E-state index contributed by atoms with van der Waals surface area (Å²) in [7, 11) is 0. The molecule has 0 unspecified atom stereocenters. The third-order valence-corrected chi connectivity index (χ3v) is 4.75. The molecule has 0 fully saturated rings. The highest BCUT2D eigenvalue weighted by Crippen LogP contribution is 2.27. The number of benzene rings is 1. The number of unbranched alkanes of at least 4 members (excludes halogenated alkanes) is 1. The summed E-state index contributed by atoms with van der Waals surface area (Å²) in [6, 6.07) is 5.04. The van der Waals surface area contributed by atoms with Crippen molar-refractivity contribution in [1.29, 1.82) is 0 Å². The quantitative estimate of drug-likeness (QED) is 0.446. The summed E-state index contributed by atoms with van der Waals surface area (Å²) in [4.78, 5) is 25.4. The maximum atomic E-state index is 13.0. The Balaban J connectivity index is 3.10. The highest BCUT2D eigenvalue weighted by molar-refractivity contribution is 5.99. The largest absolute Gasteiger partial charge is 0.490 e. The van der Waals surface area contributed by atoms with Crippen LogP contribution >= 0.6 is 0 Å². The van der Waals surface area contributed by atoms with Crippen LogP contribution in [0.2, 0.25) is 0 Å². The number of hydrogen-bond donors (Lipinski definition) is 1. The van der Waals surface area contributed by atoms with Crippen LogP contribution < -0.4 is 10.1 Å². The number of hydrogen-bond acceptors (Lipinski definition) is 5. The Hall–Kier alpha value is -2.08. The van der Waals surface area contributed by atoms with E-state index < -0.39 is 11.6 Å². The fraction of sp³-hybridized carbons (Fsp3) is 0.652. The molecule has 2 atom stereocenters. The van der Waals surface area contributed by atoms with Crippen LogP contribution in [-0.2, 0) is 14.3 Å². The van der Waals surface area contributed by atoms with Crippen molar-refractivity contribution in [2.24, 2.45) is 0 Å². The fourth-order valence-corrected chi connectivity index (χ4v) is 2.73. The van der Waals surface area contributed by atoms with E-state index in [9.17, 15) is 9.59 Å². The Morgan fingerprint density at radius 1 is 1.14 bits per heavy atom. The minimum absolute atomic E-state index is 0.0385. The molecule has 0 aliphatic rings. The number of rotatable bonds is 13. The van der Waals surface area contributed by atoms with Crippen molar-refractivity contribution >= 4 is 17.6 Å². The Labute approximate surface area is 175 Å². The van der Waals surface area contributed by atoms with Gasteiger partial charge in [0.05, 0.1) is 12.7 Å². The molecule has 1 aromatic rings. The van der Waals surface area contributed by atoms with Crippen molar-refractivity contribution in [2.75, 3.05) is 18.5 Å². The zero-order chi connectivity index (χ0) is 21.9. The van der Waals surface area contributed by atoms with Gasteiger partial charge in [-0.05, 0) is 58.2 Å². The van der Waals surface area contributed by atoms with Crippen LogP contribution in [0.1, 0.15) is 84.0 Å². The molecule has 0 saturated carbocycles. The fourth-order valence-electron chi connectivity index (χ4n) is 2.73. The first-order valence-electron chi connectivity index (χ1n) is 10.7. The second-order valence-electron chi connectivity index (χ2n) is 7.41. The normalized spacial score (nSPS) is 14.0. The lowest BCUT2D eigenvalue weighted by molar-refractivity contribution is -0.140. The first-order valence-corrected chi connectivity index (χ1v) is 10.7. The van der Waals surface area contributed by atoms with E-state index in [2.05, 4.69) is 12.2 Å². The molecule has 1 N–H and O–H groups in total. The standard InChI is InChI=1S/C23H37NO5/c1-7-11-14-23(6,28-15-8-2)22(26)24-18-12-13-20(29-17(5)9-3)19(16-18)21(25)27-10-4/h12-13,16-17H,7-11,14-15H2,1-6H3,(H,24,26)/t17-,23+/m0/s1. The summed E-state index contributed by atoms with van der Waals surface area (Å²) < 4.78 is 16.9. The first-order chi connectivity index (χ1) is 13.8. The molecular formula is C23H37NO5. The highest BCUT2D eigenvalue weighted by atomic mass is 16.5. The zero-order valence-electron chi connectivity index (χ0n) is 18.8. The van der Waals surface area contributed by atoms with E-state index in [4.69, 9.17) is 14.2 Å². The lowest BCUT2D eigenvalue weighted by Gasteiger charge is -2.29. The van der Waals surface area contributed by atoms with Crippen molar-refractivity contribution in [1.82, 2.24) is 0 Å². The summed E-state index contributed by atoms with van der Waals surface area (Å²) in [5.41, 5.74) is -0.103. The molecule has 0 aliphatic heterocycles. The minimum Gasteiger partial charge on any atom is -0.490 e. The second-order valence-corrected chi connectivity index (χ2v) is 7.41. The Morgan fingerprint density at radius 2 is 1.86 bits per heavy atom. The van der Waals surface area contributed by atoms with Gasteiger partial charge in [-0.3, -0.25) is 4.79 Å². The van der Waals surface area contributed by atoms with Gasteiger partial charge in [0.25, 0.3) is 5.91 Å². The van der Waals surface area contributed by atoms with E-state index in [-0.39, 0.29) is 18.6 Å². The van der Waals surface area contributed by atoms with Gasteiger partial charge < -0.3 is 19.5 Å². The van der Waals surface area contributed by atoms with Crippen LogP contribution in [0.4, 0.5) is 5.69 Å². The third-order valence-electron chi connectivity index (χ3n) is 4.75. The van der Waals surface area contributed by atoms with E-state index in [1.54, 1.807) is 25.1 Å². The molecule has 0 aliphatic carbocycles. The van der Waals surface area contributed by atoms with Crippen molar-refractivity contribution < 1.29 is 23.8 Å². The van der Waals surface area contributed by atoms with Crippen LogP contribution in [0.5, 0.6) is 5.75 Å². The van der Waals surface area contributed by atoms with E-state index in [1.165, 1.54) is 0 Å². The predicted octanol–water partition coefficient (Wildman–Crippen LogP) is 5.35. The summed E-state index contributed by atoms with van der Waals surface area (Å²) in [6.45, 7) is 12.4. The second kappa shape index (κ2) is 12.5. The molecule has 1 rings (SSSR count). The summed E-state index contributed by atoms with van der Waals surface area (Å²) in [6.07, 6.45) is 4.11. The van der Waals surface area contributed by atoms with Crippen LogP contribution in [0.3, 0.4) is 0 Å². The lowest BCUT2D eigenvalue weighted by atomic mass is 9.97. The van der Waals surface area contributed by atoms with Crippen molar-refractivity contribution in [3.8, 4) is 5.75 Å². The van der Waals surface area contributed by atoms with Gasteiger partial charge in [0, 0.05) is 12.3 Å². The molecule has 0 heterocycles. The smallest absolute Gasteiger partial charge is 0.341 e. The molecule has 0 spiro atoms. The molecule has 0 saturated heterocycles. The van der Waals surface area contributed by atoms with Gasteiger partial charge in [-0.1, -0.05) is 33.6 Å². The topological polar surface area (TPSA) is 73.9 Å². The SMILES string of the molecule is CCCC[C@@](C)(OCCC)C(=O)Nc1ccc(O[C@@H](C)CC)c(C(=O)OCC)c1. The number of nitrogens with one attached hydrogen (secondary N) is 1. The van der Waals surface area contributed by atoms with E-state index in [0.29, 0.717) is 30.0 Å². The lowest BCUT2D eigenvalue weighted by Crippen LogP contribution is -2.43. The van der Waals surface area contributed by atoms with Crippen molar-refractivity contribution in [3.63, 3.8) is 0 Å². The minimum atomic E-state index is -0.915. The van der Waals surface area contributed by atoms with Gasteiger partial charge in [0.2, 0.25) is 0 Å². The molecule has 1 amide bonds. The molecule has 6 heteroatoms. The van der Waals surface area contributed by atoms with Gasteiger partial charge in [-0.25, -0.2) is 4.79 Å². The van der Waals surface area contributed by atoms with Crippen molar-refractivity contribution in [2.45, 2.75) is 85.4 Å². The summed E-state index contributed by atoms with van der Waals surface area (Å²) in [5, 5.41) is 2.90. The van der Waals surface area contributed by atoms with E-state index in [0.717, 1.165) is 25.7 Å². The van der Waals surface area contributed by atoms with Crippen LogP contribution in [0, 0.1) is 0 Å². The number of carbonyl (C=O) groups excluding carboxylic acids is 2. The van der Waals surface area contributed by atoms with Crippen molar-refractivity contribution in [3.05, 3.63) is 23.8 Å². The Morgan fingerprint density at radius 3 is 2.45 bits per heavy atom. The monoisotopic (exact) mass is 407 g/mol. The average molecular weight is 408 g/mol. The Bertz CT molecular complexity index is 651. The van der Waals surface area contributed by atoms with Gasteiger partial charge in [-0.15, -0.1) is 0 Å². The Kier molecular flexibility index (Phi) is 10.7. The van der Waals surface area contributed by atoms with Gasteiger partial charge >= 0.3 is 5.97 Å². The maximum Gasteiger partial charge on any atom is 0.341 e.